The molecule has 5 nitrogen and oxygen atoms in total. The van der Waals surface area contributed by atoms with Crippen molar-refractivity contribution in [3.63, 3.8) is 0 Å². The number of carbonyl (C=O) groups excluding carboxylic acids is 1. The smallest absolute Gasteiger partial charge is 0.314 e. The number of amides is 2. The Morgan fingerprint density at radius 2 is 1.72 bits per heavy atom. The highest BCUT2D eigenvalue weighted by atomic mass is 32.2. The number of benzene rings is 1. The van der Waals surface area contributed by atoms with E-state index >= 15 is 0 Å². The van der Waals surface area contributed by atoms with Gasteiger partial charge >= 0.3 is 6.03 Å². The zero-order valence-corrected chi connectivity index (χ0v) is 10.5. The van der Waals surface area contributed by atoms with Gasteiger partial charge in [-0.2, -0.15) is 0 Å². The van der Waals surface area contributed by atoms with Crippen LogP contribution in [-0.2, 0) is 11.0 Å². The van der Waals surface area contributed by atoms with Gasteiger partial charge in [0.2, 0.25) is 0 Å². The Morgan fingerprint density at radius 3 is 2.22 bits per heavy atom. The van der Waals surface area contributed by atoms with Crippen molar-refractivity contribution >= 4 is 17.0 Å². The number of nitrogens with zero attached hydrogens (tertiary/aromatic N) is 2. The molecule has 1 aliphatic heterocycles. The first-order valence-electron chi connectivity index (χ1n) is 5.55. The standard InChI is InChI=1S/C11H14FN3O2S/c12-9-1-3-10(4-2-9)18(17)15-7-5-14(6-8-15)11(13)16/h1-4H,5-8H2,(H2,13,16). The topological polar surface area (TPSA) is 66.6 Å². The van der Waals surface area contributed by atoms with E-state index in [1.807, 2.05) is 0 Å². The maximum Gasteiger partial charge on any atom is 0.314 e. The summed E-state index contributed by atoms with van der Waals surface area (Å²) in [5.41, 5.74) is 5.17. The summed E-state index contributed by atoms with van der Waals surface area (Å²) in [6.07, 6.45) is 0. The minimum absolute atomic E-state index is 0.353. The van der Waals surface area contributed by atoms with Gasteiger partial charge in [-0.15, -0.1) is 0 Å². The molecule has 18 heavy (non-hydrogen) atoms. The zero-order valence-electron chi connectivity index (χ0n) is 9.71. The lowest BCUT2D eigenvalue weighted by molar-refractivity contribution is 0.183. The van der Waals surface area contributed by atoms with Crippen molar-refractivity contribution in [1.29, 1.82) is 0 Å². The molecule has 0 aliphatic carbocycles. The normalized spacial score (nSPS) is 18.6. The Morgan fingerprint density at radius 1 is 1.17 bits per heavy atom. The average Bonchev–Trinajstić information content (AvgIpc) is 2.39. The van der Waals surface area contributed by atoms with Gasteiger partial charge in [0.25, 0.3) is 0 Å². The number of hydrogen-bond donors (Lipinski definition) is 1. The van der Waals surface area contributed by atoms with E-state index in [0.29, 0.717) is 31.1 Å². The molecule has 0 bridgehead atoms. The molecule has 0 radical (unpaired) electrons. The molecule has 1 heterocycles. The molecule has 1 unspecified atom stereocenters. The molecule has 1 aromatic rings. The SMILES string of the molecule is NC(=O)N1CCN(S(=O)c2ccc(F)cc2)CC1. The van der Waals surface area contributed by atoms with E-state index in [1.165, 1.54) is 29.2 Å². The Balaban J connectivity index is 1.99. The second kappa shape index (κ2) is 5.45. The van der Waals surface area contributed by atoms with E-state index in [1.54, 1.807) is 4.31 Å². The Bertz CT molecular complexity index is 458. The third-order valence-electron chi connectivity index (χ3n) is 2.80. The van der Waals surface area contributed by atoms with Crippen LogP contribution in [0.5, 0.6) is 0 Å². The Kier molecular flexibility index (Phi) is 3.93. The fourth-order valence-electron chi connectivity index (χ4n) is 1.77. The molecular formula is C11H14FN3O2S. The summed E-state index contributed by atoms with van der Waals surface area (Å²) in [4.78, 5) is 13.0. The summed E-state index contributed by atoms with van der Waals surface area (Å²) >= 11 is 0. The van der Waals surface area contributed by atoms with Crippen molar-refractivity contribution in [2.24, 2.45) is 5.73 Å². The lowest BCUT2D eigenvalue weighted by Gasteiger charge is -2.32. The summed E-state index contributed by atoms with van der Waals surface area (Å²) in [5.74, 6) is -0.353. The first-order valence-corrected chi connectivity index (χ1v) is 6.65. The monoisotopic (exact) mass is 271 g/mol. The number of carbonyl (C=O) groups is 1. The van der Waals surface area contributed by atoms with E-state index in [-0.39, 0.29) is 5.82 Å². The quantitative estimate of drug-likeness (QED) is 0.853. The molecule has 1 aromatic carbocycles. The second-order valence-electron chi connectivity index (χ2n) is 3.96. The van der Waals surface area contributed by atoms with Crippen LogP contribution in [0.15, 0.2) is 29.2 Å². The van der Waals surface area contributed by atoms with E-state index in [4.69, 9.17) is 5.73 Å². The molecule has 98 valence electrons. The van der Waals surface area contributed by atoms with Crippen molar-refractivity contribution in [3.05, 3.63) is 30.1 Å². The number of urea groups is 1. The molecule has 0 spiro atoms. The van der Waals surface area contributed by atoms with Crippen LogP contribution in [-0.4, -0.2) is 45.6 Å². The molecule has 7 heteroatoms. The highest BCUT2D eigenvalue weighted by Crippen LogP contribution is 2.14. The van der Waals surface area contributed by atoms with E-state index in [2.05, 4.69) is 0 Å². The van der Waals surface area contributed by atoms with Crippen molar-refractivity contribution in [2.75, 3.05) is 26.2 Å². The van der Waals surface area contributed by atoms with Crippen molar-refractivity contribution < 1.29 is 13.4 Å². The minimum Gasteiger partial charge on any atom is -0.351 e. The summed E-state index contributed by atoms with van der Waals surface area (Å²) < 4.78 is 26.7. The molecule has 1 fully saturated rings. The van der Waals surface area contributed by atoms with Gasteiger partial charge in [0.1, 0.15) is 16.8 Å². The molecule has 1 atom stereocenters. The predicted molar refractivity (Wildman–Crippen MR) is 65.5 cm³/mol. The lowest BCUT2D eigenvalue weighted by atomic mass is 10.4. The molecule has 1 saturated heterocycles. The molecule has 2 amide bonds. The van der Waals surface area contributed by atoms with E-state index < -0.39 is 17.0 Å². The highest BCUT2D eigenvalue weighted by Gasteiger charge is 2.23. The molecule has 2 rings (SSSR count). The fraction of sp³-hybridized carbons (Fsp3) is 0.364. The highest BCUT2D eigenvalue weighted by molar-refractivity contribution is 7.82. The number of piperazine rings is 1. The van der Waals surface area contributed by atoms with Crippen LogP contribution >= 0.6 is 0 Å². The maximum absolute atomic E-state index is 12.8. The Hall–Kier alpha value is -1.47. The van der Waals surface area contributed by atoms with E-state index in [9.17, 15) is 13.4 Å². The number of primary amides is 1. The van der Waals surface area contributed by atoms with Crippen LogP contribution in [0.1, 0.15) is 0 Å². The van der Waals surface area contributed by atoms with Crippen molar-refractivity contribution in [2.45, 2.75) is 4.90 Å². The van der Waals surface area contributed by atoms with E-state index in [0.717, 1.165) is 0 Å². The third kappa shape index (κ3) is 2.85. The zero-order chi connectivity index (χ0) is 13.1. The summed E-state index contributed by atoms with van der Waals surface area (Å²) in [7, 11) is -1.32. The molecule has 0 aromatic heterocycles. The Labute approximate surface area is 107 Å². The minimum atomic E-state index is -1.32. The van der Waals surface area contributed by atoms with Crippen LogP contribution in [0.3, 0.4) is 0 Å². The van der Waals surface area contributed by atoms with Gasteiger partial charge < -0.3 is 10.6 Å². The number of nitrogens with two attached hydrogens (primary N) is 1. The van der Waals surface area contributed by atoms with Crippen LogP contribution in [0.2, 0.25) is 0 Å². The lowest BCUT2D eigenvalue weighted by Crippen LogP contribution is -2.50. The molecule has 1 aliphatic rings. The summed E-state index contributed by atoms with van der Waals surface area (Å²) in [5, 5.41) is 0. The molecule has 0 saturated carbocycles. The number of hydrogen-bond acceptors (Lipinski definition) is 2. The van der Waals surface area contributed by atoms with Crippen LogP contribution < -0.4 is 5.73 Å². The van der Waals surface area contributed by atoms with Gasteiger partial charge in [0, 0.05) is 26.2 Å². The van der Waals surface area contributed by atoms with Gasteiger partial charge in [-0.1, -0.05) is 0 Å². The largest absolute Gasteiger partial charge is 0.351 e. The number of halogens is 1. The fourth-order valence-corrected chi connectivity index (χ4v) is 2.94. The molecular weight excluding hydrogens is 257 g/mol. The van der Waals surface area contributed by atoms with Crippen LogP contribution in [0.4, 0.5) is 9.18 Å². The van der Waals surface area contributed by atoms with Crippen molar-refractivity contribution in [1.82, 2.24) is 9.21 Å². The first kappa shape index (κ1) is 13.0. The van der Waals surface area contributed by atoms with Crippen LogP contribution in [0.25, 0.3) is 0 Å². The van der Waals surface area contributed by atoms with Gasteiger partial charge in [0.05, 0.1) is 4.90 Å². The van der Waals surface area contributed by atoms with Gasteiger partial charge in [0.15, 0.2) is 0 Å². The second-order valence-corrected chi connectivity index (χ2v) is 5.44. The average molecular weight is 271 g/mol. The molecule has 2 N–H and O–H groups in total. The van der Waals surface area contributed by atoms with Crippen molar-refractivity contribution in [3.8, 4) is 0 Å². The third-order valence-corrected chi connectivity index (χ3v) is 4.31. The van der Waals surface area contributed by atoms with Gasteiger partial charge in [-0.3, -0.25) is 0 Å². The van der Waals surface area contributed by atoms with Gasteiger partial charge in [-0.25, -0.2) is 17.7 Å². The van der Waals surface area contributed by atoms with Crippen LogP contribution in [0, 0.1) is 5.82 Å². The maximum atomic E-state index is 12.8. The first-order chi connectivity index (χ1) is 8.58. The summed E-state index contributed by atoms with van der Waals surface area (Å²) in [6, 6.07) is 5.12. The van der Waals surface area contributed by atoms with Gasteiger partial charge in [-0.05, 0) is 24.3 Å². The predicted octanol–water partition coefficient (Wildman–Crippen LogP) is 0.545. The number of rotatable bonds is 2. The summed E-state index contributed by atoms with van der Waals surface area (Å²) in [6.45, 7) is 1.91.